The van der Waals surface area contributed by atoms with Gasteiger partial charge in [0.25, 0.3) is 0 Å². The van der Waals surface area contributed by atoms with E-state index >= 15 is 0 Å². The van der Waals surface area contributed by atoms with E-state index in [9.17, 15) is 9.59 Å². The van der Waals surface area contributed by atoms with Crippen molar-refractivity contribution in [2.45, 2.75) is 19.6 Å². The van der Waals surface area contributed by atoms with E-state index in [4.69, 9.17) is 9.31 Å². The lowest BCUT2D eigenvalue weighted by Gasteiger charge is -2.24. The van der Waals surface area contributed by atoms with Gasteiger partial charge in [-0.15, -0.1) is 0 Å². The van der Waals surface area contributed by atoms with E-state index in [0.717, 1.165) is 25.2 Å². The molecule has 1 fully saturated rings. The van der Waals surface area contributed by atoms with Crippen molar-refractivity contribution in [2.24, 2.45) is 0 Å². The first-order valence-corrected chi connectivity index (χ1v) is 11.0. The SMILES string of the molecule is CN1CC(=O)OB(c2ccc(CN(Cc3ccccc3)Cc3ccccc3)cc2)OC(=O)C1. The first-order chi connectivity index (χ1) is 16.0. The molecule has 168 valence electrons. The summed E-state index contributed by atoms with van der Waals surface area (Å²) < 4.78 is 10.7. The molecule has 1 aliphatic heterocycles. The first kappa shape index (κ1) is 22.8. The third-order valence-electron chi connectivity index (χ3n) is 5.43. The van der Waals surface area contributed by atoms with Gasteiger partial charge in [-0.05, 0) is 23.7 Å². The number of nitrogens with zero attached hydrogens (tertiary/aromatic N) is 2. The van der Waals surface area contributed by atoms with Crippen molar-refractivity contribution < 1.29 is 18.9 Å². The molecule has 0 saturated carbocycles. The van der Waals surface area contributed by atoms with Crippen molar-refractivity contribution in [2.75, 3.05) is 20.1 Å². The Kier molecular flexibility index (Phi) is 7.55. The van der Waals surface area contributed by atoms with Gasteiger partial charge in [-0.25, -0.2) is 0 Å². The molecule has 0 amide bonds. The highest BCUT2D eigenvalue weighted by Gasteiger charge is 2.33. The molecule has 0 aromatic heterocycles. The summed E-state index contributed by atoms with van der Waals surface area (Å²) in [5.41, 5.74) is 4.27. The van der Waals surface area contributed by atoms with Crippen molar-refractivity contribution in [3.05, 3.63) is 102 Å². The molecule has 1 saturated heterocycles. The topological polar surface area (TPSA) is 59.1 Å². The van der Waals surface area contributed by atoms with Crippen molar-refractivity contribution in [3.63, 3.8) is 0 Å². The predicted octanol–water partition coefficient (Wildman–Crippen LogP) is 2.62. The van der Waals surface area contributed by atoms with E-state index < -0.39 is 19.1 Å². The molecule has 3 aromatic rings. The molecule has 33 heavy (non-hydrogen) atoms. The van der Waals surface area contributed by atoms with Crippen molar-refractivity contribution in [3.8, 4) is 0 Å². The third kappa shape index (κ3) is 6.78. The number of benzene rings is 3. The Morgan fingerprint density at radius 1 is 0.697 bits per heavy atom. The summed E-state index contributed by atoms with van der Waals surface area (Å²) >= 11 is 0. The third-order valence-corrected chi connectivity index (χ3v) is 5.43. The maximum absolute atomic E-state index is 12.0. The minimum Gasteiger partial charge on any atom is -0.494 e. The quantitative estimate of drug-likeness (QED) is 0.525. The number of carbonyl (C=O) groups is 2. The molecule has 1 aliphatic rings. The van der Waals surface area contributed by atoms with Gasteiger partial charge in [0.1, 0.15) is 0 Å². The molecule has 0 unspecified atom stereocenters. The number of rotatable bonds is 7. The number of hydrogen-bond acceptors (Lipinski definition) is 6. The zero-order chi connectivity index (χ0) is 23.0. The molecule has 6 nitrogen and oxygen atoms in total. The lowest BCUT2D eigenvalue weighted by atomic mass is 9.78. The van der Waals surface area contributed by atoms with Crippen LogP contribution in [0.4, 0.5) is 0 Å². The maximum Gasteiger partial charge on any atom is 0.636 e. The zero-order valence-electron chi connectivity index (χ0n) is 18.7. The largest absolute Gasteiger partial charge is 0.636 e. The molecule has 0 bridgehead atoms. The fourth-order valence-electron chi connectivity index (χ4n) is 3.86. The van der Waals surface area contributed by atoms with E-state index in [2.05, 4.69) is 53.4 Å². The highest BCUT2D eigenvalue weighted by molar-refractivity contribution is 6.64. The van der Waals surface area contributed by atoms with Crippen molar-refractivity contribution in [1.82, 2.24) is 9.80 Å². The fourth-order valence-corrected chi connectivity index (χ4v) is 3.86. The Balaban J connectivity index is 1.47. The highest BCUT2D eigenvalue weighted by atomic mass is 16.6. The summed E-state index contributed by atoms with van der Waals surface area (Å²) in [6, 6.07) is 28.5. The van der Waals surface area contributed by atoms with Crippen molar-refractivity contribution >= 4 is 24.5 Å². The van der Waals surface area contributed by atoms with E-state index in [-0.39, 0.29) is 13.1 Å². The minimum atomic E-state index is -1.02. The predicted molar refractivity (Wildman–Crippen MR) is 127 cm³/mol. The molecule has 0 spiro atoms. The van der Waals surface area contributed by atoms with Crippen LogP contribution in [0.25, 0.3) is 0 Å². The Bertz CT molecular complexity index is 999. The van der Waals surface area contributed by atoms with Gasteiger partial charge in [-0.3, -0.25) is 19.4 Å². The lowest BCUT2D eigenvalue weighted by Crippen LogP contribution is -2.47. The van der Waals surface area contributed by atoms with Gasteiger partial charge < -0.3 is 9.31 Å². The van der Waals surface area contributed by atoms with Crippen molar-refractivity contribution in [1.29, 1.82) is 0 Å². The van der Waals surface area contributed by atoms with Crippen LogP contribution in [0.2, 0.25) is 0 Å². The van der Waals surface area contributed by atoms with Crippen LogP contribution in [0.3, 0.4) is 0 Å². The monoisotopic (exact) mass is 442 g/mol. The van der Waals surface area contributed by atoms with Crippen LogP contribution in [0.5, 0.6) is 0 Å². The van der Waals surface area contributed by atoms with E-state index in [1.54, 1.807) is 11.9 Å². The van der Waals surface area contributed by atoms with E-state index in [0.29, 0.717) is 5.46 Å². The van der Waals surface area contributed by atoms with Gasteiger partial charge in [-0.2, -0.15) is 0 Å². The second-order valence-electron chi connectivity index (χ2n) is 8.34. The second-order valence-corrected chi connectivity index (χ2v) is 8.34. The Morgan fingerprint density at radius 2 is 1.12 bits per heavy atom. The van der Waals surface area contributed by atoms with Crippen LogP contribution >= 0.6 is 0 Å². The van der Waals surface area contributed by atoms with E-state index in [1.807, 2.05) is 36.4 Å². The average Bonchev–Trinajstić information content (AvgIpc) is 2.79. The standard InChI is InChI=1S/C26H27BN2O4/c1-28-19-25(30)32-27(33-26(31)20-28)24-14-12-23(13-15-24)18-29(16-21-8-4-2-5-9-21)17-22-10-6-3-7-11-22/h2-15H,16-20H2,1H3. The molecule has 0 aliphatic carbocycles. The number of likely N-dealkylation sites (N-methyl/N-ethyl adjacent to an activating group) is 1. The molecular formula is C26H27BN2O4. The molecule has 1 heterocycles. The molecular weight excluding hydrogens is 415 g/mol. The van der Waals surface area contributed by atoms with Crippen LogP contribution in [-0.2, 0) is 38.5 Å². The summed E-state index contributed by atoms with van der Waals surface area (Å²) in [5, 5.41) is 0. The van der Waals surface area contributed by atoms with Crippen LogP contribution in [-0.4, -0.2) is 49.0 Å². The Morgan fingerprint density at radius 3 is 1.58 bits per heavy atom. The molecule has 4 rings (SSSR count). The average molecular weight is 442 g/mol. The van der Waals surface area contributed by atoms with Gasteiger partial charge >= 0.3 is 19.1 Å². The molecule has 0 N–H and O–H groups in total. The summed E-state index contributed by atoms with van der Waals surface area (Å²) in [4.78, 5) is 28.0. The minimum absolute atomic E-state index is 0.0532. The number of carbonyl (C=O) groups excluding carboxylic acids is 2. The Hall–Kier alpha value is -3.42. The fraction of sp³-hybridized carbons (Fsp3) is 0.231. The number of hydrogen-bond donors (Lipinski definition) is 0. The lowest BCUT2D eigenvalue weighted by molar-refractivity contribution is -0.145. The van der Waals surface area contributed by atoms with Gasteiger partial charge in [0.05, 0.1) is 13.1 Å². The summed E-state index contributed by atoms with van der Waals surface area (Å²) in [6.07, 6.45) is 0. The van der Waals surface area contributed by atoms with Crippen LogP contribution in [0.1, 0.15) is 16.7 Å². The van der Waals surface area contributed by atoms with E-state index in [1.165, 1.54) is 11.1 Å². The molecule has 0 atom stereocenters. The van der Waals surface area contributed by atoms with Gasteiger partial charge in [-0.1, -0.05) is 84.9 Å². The highest BCUT2D eigenvalue weighted by Crippen LogP contribution is 2.14. The second kappa shape index (κ2) is 10.9. The molecule has 3 aromatic carbocycles. The normalized spacial score (nSPS) is 15.0. The summed E-state index contributed by atoms with van der Waals surface area (Å²) in [7, 11) is 0.659. The van der Waals surface area contributed by atoms with Gasteiger partial charge in [0.2, 0.25) is 0 Å². The van der Waals surface area contributed by atoms with Crippen LogP contribution in [0.15, 0.2) is 84.9 Å². The maximum atomic E-state index is 12.0. The van der Waals surface area contributed by atoms with Gasteiger partial charge in [0, 0.05) is 25.1 Å². The van der Waals surface area contributed by atoms with Gasteiger partial charge in [0.15, 0.2) is 0 Å². The zero-order valence-corrected chi connectivity index (χ0v) is 18.7. The van der Waals surface area contributed by atoms with Crippen LogP contribution in [0, 0.1) is 0 Å². The first-order valence-electron chi connectivity index (χ1n) is 11.0. The molecule has 0 radical (unpaired) electrons. The molecule has 7 heteroatoms. The smallest absolute Gasteiger partial charge is 0.494 e. The van der Waals surface area contributed by atoms with Crippen LogP contribution < -0.4 is 5.46 Å². The summed E-state index contributed by atoms with van der Waals surface area (Å²) in [6.45, 7) is 2.50. The Labute approximate surface area is 194 Å². The summed E-state index contributed by atoms with van der Waals surface area (Å²) in [5.74, 6) is -0.841.